The predicted octanol–water partition coefficient (Wildman–Crippen LogP) is 3.75. The lowest BCUT2D eigenvalue weighted by atomic mass is 9.92. The maximum absolute atomic E-state index is 13.3. The van der Waals surface area contributed by atoms with Crippen molar-refractivity contribution < 1.29 is 18.7 Å². The lowest BCUT2D eigenvalue weighted by Gasteiger charge is -2.33. The van der Waals surface area contributed by atoms with Gasteiger partial charge < -0.3 is 14.0 Å². The van der Waals surface area contributed by atoms with Crippen molar-refractivity contribution >= 4 is 5.97 Å². The fourth-order valence-corrected chi connectivity index (χ4v) is 3.72. The van der Waals surface area contributed by atoms with Gasteiger partial charge in [0.1, 0.15) is 17.7 Å². The molecular weight excluding hydrogens is 335 g/mol. The first kappa shape index (κ1) is 17.2. The standard InChI is InChI=1S/C20H23FN2O3/c1-25-15-11-16(12-15)26-20(24)18-17-5-3-2-4-10-23(17)19(22-18)13-6-8-14(21)9-7-13/h6-9,15-16H,2-5,10-12H2,1H3. The number of halogens is 1. The van der Waals surface area contributed by atoms with Crippen LogP contribution in [0, 0.1) is 5.82 Å². The Morgan fingerprint density at radius 2 is 1.92 bits per heavy atom. The Labute approximate surface area is 152 Å². The predicted molar refractivity (Wildman–Crippen MR) is 94.4 cm³/mol. The zero-order chi connectivity index (χ0) is 18.1. The minimum atomic E-state index is -0.358. The van der Waals surface area contributed by atoms with Gasteiger partial charge in [0.25, 0.3) is 0 Å². The normalized spacial score (nSPS) is 22.2. The number of imidazole rings is 1. The Morgan fingerprint density at radius 1 is 1.15 bits per heavy atom. The van der Waals surface area contributed by atoms with Gasteiger partial charge in [-0.05, 0) is 43.5 Å². The van der Waals surface area contributed by atoms with E-state index in [1.165, 1.54) is 12.1 Å². The van der Waals surface area contributed by atoms with E-state index < -0.39 is 0 Å². The Bertz CT molecular complexity index is 794. The lowest BCUT2D eigenvalue weighted by molar-refractivity contribution is -0.0643. The van der Waals surface area contributed by atoms with Crippen LogP contribution in [0.15, 0.2) is 24.3 Å². The highest BCUT2D eigenvalue weighted by Gasteiger charge is 2.34. The highest BCUT2D eigenvalue weighted by atomic mass is 19.1. The second-order valence-corrected chi connectivity index (χ2v) is 7.06. The molecule has 2 aliphatic rings. The number of nitrogens with zero attached hydrogens (tertiary/aromatic N) is 2. The molecule has 0 bridgehead atoms. The Balaban J connectivity index is 1.64. The molecule has 26 heavy (non-hydrogen) atoms. The summed E-state index contributed by atoms with van der Waals surface area (Å²) in [5.74, 6) is 0.0782. The first-order valence-electron chi connectivity index (χ1n) is 9.25. The fraction of sp³-hybridized carbons (Fsp3) is 0.500. The van der Waals surface area contributed by atoms with E-state index in [0.717, 1.165) is 62.2 Å². The van der Waals surface area contributed by atoms with Crippen molar-refractivity contribution in [2.45, 2.75) is 57.3 Å². The largest absolute Gasteiger partial charge is 0.457 e. The molecule has 4 rings (SSSR count). The highest BCUT2D eigenvalue weighted by Crippen LogP contribution is 2.30. The second kappa shape index (κ2) is 7.19. The first-order chi connectivity index (χ1) is 12.7. The molecule has 0 saturated heterocycles. The number of methoxy groups -OCH3 is 1. The smallest absolute Gasteiger partial charge is 0.359 e. The van der Waals surface area contributed by atoms with Gasteiger partial charge in [0.2, 0.25) is 0 Å². The van der Waals surface area contributed by atoms with Crippen LogP contribution in [-0.2, 0) is 22.4 Å². The van der Waals surface area contributed by atoms with Gasteiger partial charge in [0, 0.05) is 32.1 Å². The van der Waals surface area contributed by atoms with E-state index in [0.29, 0.717) is 5.69 Å². The van der Waals surface area contributed by atoms with Gasteiger partial charge in [0.05, 0.1) is 11.8 Å². The molecule has 0 N–H and O–H groups in total. The third kappa shape index (κ3) is 3.26. The van der Waals surface area contributed by atoms with E-state index in [4.69, 9.17) is 9.47 Å². The van der Waals surface area contributed by atoms with Crippen LogP contribution in [0.1, 0.15) is 48.3 Å². The summed E-state index contributed by atoms with van der Waals surface area (Å²) >= 11 is 0. The highest BCUT2D eigenvalue weighted by molar-refractivity contribution is 5.90. The van der Waals surface area contributed by atoms with Crippen LogP contribution in [0.2, 0.25) is 0 Å². The monoisotopic (exact) mass is 358 g/mol. The van der Waals surface area contributed by atoms with Crippen molar-refractivity contribution in [3.05, 3.63) is 41.5 Å². The number of hydrogen-bond donors (Lipinski definition) is 0. The maximum atomic E-state index is 13.3. The van der Waals surface area contributed by atoms with Crippen molar-refractivity contribution in [1.82, 2.24) is 9.55 Å². The third-order valence-electron chi connectivity index (χ3n) is 5.32. The van der Waals surface area contributed by atoms with E-state index in [1.54, 1.807) is 19.2 Å². The minimum absolute atomic E-state index is 0.0927. The number of aromatic nitrogens is 2. The molecule has 2 heterocycles. The van der Waals surface area contributed by atoms with Crippen LogP contribution < -0.4 is 0 Å². The number of carbonyl (C=O) groups is 1. The van der Waals surface area contributed by atoms with Crippen molar-refractivity contribution in [2.24, 2.45) is 0 Å². The topological polar surface area (TPSA) is 53.4 Å². The fourth-order valence-electron chi connectivity index (χ4n) is 3.72. The van der Waals surface area contributed by atoms with Gasteiger partial charge >= 0.3 is 5.97 Å². The van der Waals surface area contributed by atoms with Gasteiger partial charge in [-0.3, -0.25) is 0 Å². The maximum Gasteiger partial charge on any atom is 0.359 e. The zero-order valence-corrected chi connectivity index (χ0v) is 14.9. The molecule has 0 radical (unpaired) electrons. The quantitative estimate of drug-likeness (QED) is 0.781. The van der Waals surface area contributed by atoms with E-state index >= 15 is 0 Å². The van der Waals surface area contributed by atoms with Crippen molar-refractivity contribution in [3.63, 3.8) is 0 Å². The average molecular weight is 358 g/mol. The number of rotatable bonds is 4. The molecule has 1 aromatic carbocycles. The van der Waals surface area contributed by atoms with E-state index in [1.807, 2.05) is 0 Å². The van der Waals surface area contributed by atoms with Crippen LogP contribution >= 0.6 is 0 Å². The number of ether oxygens (including phenoxy) is 2. The molecular formula is C20H23FN2O3. The van der Waals surface area contributed by atoms with Gasteiger partial charge in [-0.2, -0.15) is 0 Å². The molecule has 1 aliphatic heterocycles. The van der Waals surface area contributed by atoms with E-state index in [9.17, 15) is 9.18 Å². The second-order valence-electron chi connectivity index (χ2n) is 7.06. The summed E-state index contributed by atoms with van der Waals surface area (Å²) in [5, 5.41) is 0. The molecule has 1 aliphatic carbocycles. The summed E-state index contributed by atoms with van der Waals surface area (Å²) in [4.78, 5) is 17.3. The Morgan fingerprint density at radius 3 is 2.65 bits per heavy atom. The number of carbonyl (C=O) groups excluding carboxylic acids is 1. The third-order valence-corrected chi connectivity index (χ3v) is 5.32. The summed E-state index contributed by atoms with van der Waals surface area (Å²) in [6.45, 7) is 0.817. The zero-order valence-electron chi connectivity index (χ0n) is 14.9. The Kier molecular flexibility index (Phi) is 4.76. The summed E-state index contributed by atoms with van der Waals surface area (Å²) < 4.78 is 26.3. The molecule has 0 unspecified atom stereocenters. The number of fused-ring (bicyclic) bond motifs is 1. The number of hydrogen-bond acceptors (Lipinski definition) is 4. The van der Waals surface area contributed by atoms with Crippen LogP contribution in [0.3, 0.4) is 0 Å². The lowest BCUT2D eigenvalue weighted by Crippen LogP contribution is -2.38. The molecule has 0 spiro atoms. The Hall–Kier alpha value is -2.21. The summed E-state index contributed by atoms with van der Waals surface area (Å²) in [7, 11) is 1.67. The van der Waals surface area contributed by atoms with Gasteiger partial charge in [-0.1, -0.05) is 6.42 Å². The average Bonchev–Trinajstić information content (AvgIpc) is 2.80. The number of esters is 1. The van der Waals surface area contributed by atoms with E-state index in [-0.39, 0.29) is 24.0 Å². The molecule has 1 aromatic heterocycles. The minimum Gasteiger partial charge on any atom is -0.457 e. The molecule has 0 amide bonds. The van der Waals surface area contributed by atoms with E-state index in [2.05, 4.69) is 9.55 Å². The molecule has 0 atom stereocenters. The van der Waals surface area contributed by atoms with Crippen LogP contribution in [0.5, 0.6) is 0 Å². The summed E-state index contributed by atoms with van der Waals surface area (Å²) in [6.07, 6.45) is 5.58. The van der Waals surface area contributed by atoms with Crippen LogP contribution in [-0.4, -0.2) is 34.8 Å². The first-order valence-corrected chi connectivity index (χ1v) is 9.25. The molecule has 2 aromatic rings. The molecule has 138 valence electrons. The number of benzene rings is 1. The van der Waals surface area contributed by atoms with Crippen LogP contribution in [0.25, 0.3) is 11.4 Å². The van der Waals surface area contributed by atoms with Crippen molar-refractivity contribution in [2.75, 3.05) is 7.11 Å². The summed E-state index contributed by atoms with van der Waals surface area (Å²) in [5.41, 5.74) is 2.17. The molecule has 1 saturated carbocycles. The van der Waals surface area contributed by atoms with Gasteiger partial charge in [-0.25, -0.2) is 14.2 Å². The van der Waals surface area contributed by atoms with Crippen molar-refractivity contribution in [3.8, 4) is 11.4 Å². The van der Waals surface area contributed by atoms with Gasteiger partial charge in [-0.15, -0.1) is 0 Å². The molecule has 6 heteroatoms. The molecule has 1 fully saturated rings. The SMILES string of the molecule is COC1CC(OC(=O)c2nc(-c3ccc(F)cc3)n3c2CCCCC3)C1. The summed E-state index contributed by atoms with van der Waals surface area (Å²) in [6, 6.07) is 6.26. The molecule has 5 nitrogen and oxygen atoms in total. The van der Waals surface area contributed by atoms with Gasteiger partial charge in [0.15, 0.2) is 5.69 Å². The van der Waals surface area contributed by atoms with Crippen molar-refractivity contribution in [1.29, 1.82) is 0 Å². The van der Waals surface area contributed by atoms with Crippen LogP contribution in [0.4, 0.5) is 4.39 Å².